The molecule has 1 aromatic rings. The second-order valence-corrected chi connectivity index (χ2v) is 7.93. The number of ether oxygens (including phenoxy) is 2. The van der Waals surface area contributed by atoms with Crippen LogP contribution in [0.15, 0.2) is 22.8 Å². The van der Waals surface area contributed by atoms with Crippen LogP contribution in [0.25, 0.3) is 0 Å². The lowest BCUT2D eigenvalue weighted by Crippen LogP contribution is -2.62. The summed E-state index contributed by atoms with van der Waals surface area (Å²) < 4.78 is 17.1. The van der Waals surface area contributed by atoms with Gasteiger partial charge in [-0.15, -0.1) is 0 Å². The third kappa shape index (κ3) is 3.82. The van der Waals surface area contributed by atoms with Gasteiger partial charge in [-0.1, -0.05) is 0 Å². The molecule has 1 amide bonds. The Kier molecular flexibility index (Phi) is 5.62. The van der Waals surface area contributed by atoms with Crippen LogP contribution in [-0.4, -0.2) is 67.8 Å². The number of rotatable bonds is 4. The lowest BCUT2D eigenvalue weighted by atomic mass is 9.84. The SMILES string of the molecule is CN(Cc1ccco1)[C@@H]1CN(C(=O)C2CCOCC2)C[C@@H]2CCCO[C@@H]21. The predicted octanol–water partition coefficient (Wildman–Crippen LogP) is 2.14. The summed E-state index contributed by atoms with van der Waals surface area (Å²) in [5.74, 6) is 1.83. The van der Waals surface area contributed by atoms with Crippen LogP contribution in [0.2, 0.25) is 0 Å². The van der Waals surface area contributed by atoms with Crippen molar-refractivity contribution >= 4 is 5.91 Å². The maximum atomic E-state index is 13.1. The molecule has 0 spiro atoms. The van der Waals surface area contributed by atoms with Crippen LogP contribution in [-0.2, 0) is 20.8 Å². The van der Waals surface area contributed by atoms with E-state index in [-0.39, 0.29) is 18.1 Å². The molecule has 0 aliphatic carbocycles. The van der Waals surface area contributed by atoms with Gasteiger partial charge in [0.1, 0.15) is 5.76 Å². The predicted molar refractivity (Wildman–Crippen MR) is 96.6 cm³/mol. The Morgan fingerprint density at radius 3 is 2.85 bits per heavy atom. The minimum atomic E-state index is 0.126. The fourth-order valence-corrected chi connectivity index (χ4v) is 4.71. The Labute approximate surface area is 155 Å². The number of hydrogen-bond acceptors (Lipinski definition) is 5. The van der Waals surface area contributed by atoms with Gasteiger partial charge in [-0.25, -0.2) is 0 Å². The van der Waals surface area contributed by atoms with Gasteiger partial charge >= 0.3 is 0 Å². The largest absolute Gasteiger partial charge is 0.468 e. The maximum Gasteiger partial charge on any atom is 0.225 e. The van der Waals surface area contributed by atoms with Gasteiger partial charge in [0.25, 0.3) is 0 Å². The quantitative estimate of drug-likeness (QED) is 0.821. The van der Waals surface area contributed by atoms with E-state index in [1.54, 1.807) is 6.26 Å². The molecule has 144 valence electrons. The molecular formula is C20H30N2O4. The lowest BCUT2D eigenvalue weighted by Gasteiger charge is -2.49. The average molecular weight is 362 g/mol. The topological polar surface area (TPSA) is 55.2 Å². The first kappa shape index (κ1) is 18.0. The van der Waals surface area contributed by atoms with Gasteiger partial charge in [0, 0.05) is 44.7 Å². The third-order valence-corrected chi connectivity index (χ3v) is 6.17. The molecule has 3 atom stereocenters. The maximum absolute atomic E-state index is 13.1. The van der Waals surface area contributed by atoms with Gasteiger partial charge in [0.2, 0.25) is 5.91 Å². The van der Waals surface area contributed by atoms with Crippen molar-refractivity contribution in [1.29, 1.82) is 0 Å². The second-order valence-electron chi connectivity index (χ2n) is 7.93. The number of furan rings is 1. The van der Waals surface area contributed by atoms with Gasteiger partial charge in [-0.05, 0) is 44.9 Å². The van der Waals surface area contributed by atoms with Gasteiger partial charge < -0.3 is 18.8 Å². The van der Waals surface area contributed by atoms with E-state index in [2.05, 4.69) is 16.8 Å². The molecule has 0 bridgehead atoms. The fraction of sp³-hybridized carbons (Fsp3) is 0.750. The summed E-state index contributed by atoms with van der Waals surface area (Å²) in [4.78, 5) is 17.5. The smallest absolute Gasteiger partial charge is 0.225 e. The Morgan fingerprint density at radius 1 is 1.23 bits per heavy atom. The molecular weight excluding hydrogens is 332 g/mol. The summed E-state index contributed by atoms with van der Waals surface area (Å²) in [6, 6.07) is 4.14. The van der Waals surface area contributed by atoms with E-state index in [9.17, 15) is 4.79 Å². The highest BCUT2D eigenvalue weighted by molar-refractivity contribution is 5.79. The van der Waals surface area contributed by atoms with Gasteiger partial charge in [0.15, 0.2) is 0 Å². The van der Waals surface area contributed by atoms with Crippen LogP contribution in [0.4, 0.5) is 0 Å². The summed E-state index contributed by atoms with van der Waals surface area (Å²) in [5, 5.41) is 0. The zero-order chi connectivity index (χ0) is 17.9. The normalized spacial score (nSPS) is 30.4. The highest BCUT2D eigenvalue weighted by atomic mass is 16.5. The number of nitrogens with zero attached hydrogens (tertiary/aromatic N) is 2. The first-order valence-electron chi connectivity index (χ1n) is 9.93. The highest BCUT2D eigenvalue weighted by Gasteiger charge is 2.43. The monoisotopic (exact) mass is 362 g/mol. The van der Waals surface area contributed by atoms with E-state index < -0.39 is 0 Å². The Balaban J connectivity index is 1.48. The Hall–Kier alpha value is -1.37. The summed E-state index contributed by atoms with van der Waals surface area (Å²) in [6.07, 6.45) is 5.87. The average Bonchev–Trinajstić information content (AvgIpc) is 3.20. The lowest BCUT2D eigenvalue weighted by molar-refractivity contribution is -0.153. The van der Waals surface area contributed by atoms with Crippen LogP contribution in [0.3, 0.4) is 0 Å². The first-order chi connectivity index (χ1) is 12.7. The molecule has 0 unspecified atom stereocenters. The van der Waals surface area contributed by atoms with E-state index in [0.29, 0.717) is 25.0 Å². The van der Waals surface area contributed by atoms with E-state index in [0.717, 1.165) is 57.7 Å². The van der Waals surface area contributed by atoms with E-state index in [4.69, 9.17) is 13.9 Å². The molecule has 0 saturated carbocycles. The first-order valence-corrected chi connectivity index (χ1v) is 9.93. The highest BCUT2D eigenvalue weighted by Crippen LogP contribution is 2.32. The molecule has 4 rings (SSSR count). The third-order valence-electron chi connectivity index (χ3n) is 6.17. The molecule has 4 heterocycles. The number of likely N-dealkylation sites (N-methyl/N-ethyl adjacent to an activating group) is 1. The molecule has 3 fully saturated rings. The van der Waals surface area contributed by atoms with Crippen molar-refractivity contribution in [2.24, 2.45) is 11.8 Å². The van der Waals surface area contributed by atoms with Crippen LogP contribution >= 0.6 is 0 Å². The summed E-state index contributed by atoms with van der Waals surface area (Å²) in [5.41, 5.74) is 0. The van der Waals surface area contributed by atoms with Gasteiger partial charge in [-0.3, -0.25) is 9.69 Å². The van der Waals surface area contributed by atoms with Crippen LogP contribution in [0.5, 0.6) is 0 Å². The molecule has 0 N–H and O–H groups in total. The Morgan fingerprint density at radius 2 is 2.08 bits per heavy atom. The van der Waals surface area contributed by atoms with Crippen LogP contribution in [0, 0.1) is 11.8 Å². The van der Waals surface area contributed by atoms with Crippen molar-refractivity contribution < 1.29 is 18.7 Å². The van der Waals surface area contributed by atoms with Crippen LogP contribution in [0.1, 0.15) is 31.4 Å². The number of amides is 1. The van der Waals surface area contributed by atoms with Crippen molar-refractivity contribution in [3.63, 3.8) is 0 Å². The molecule has 3 saturated heterocycles. The number of carbonyl (C=O) groups is 1. The number of fused-ring (bicyclic) bond motifs is 1. The fourth-order valence-electron chi connectivity index (χ4n) is 4.71. The summed E-state index contributed by atoms with van der Waals surface area (Å²) >= 11 is 0. The zero-order valence-electron chi connectivity index (χ0n) is 15.6. The van der Waals surface area contributed by atoms with Crippen molar-refractivity contribution in [3.8, 4) is 0 Å². The van der Waals surface area contributed by atoms with Crippen molar-refractivity contribution in [3.05, 3.63) is 24.2 Å². The summed E-state index contributed by atoms with van der Waals surface area (Å²) in [6.45, 7) is 4.58. The Bertz CT molecular complexity index is 585. The minimum Gasteiger partial charge on any atom is -0.468 e. The van der Waals surface area contributed by atoms with Gasteiger partial charge in [0.05, 0.1) is 25.0 Å². The number of piperidine rings is 1. The van der Waals surface area contributed by atoms with E-state index in [1.165, 1.54) is 0 Å². The summed E-state index contributed by atoms with van der Waals surface area (Å²) in [7, 11) is 2.12. The molecule has 26 heavy (non-hydrogen) atoms. The molecule has 0 aromatic carbocycles. The molecule has 3 aliphatic heterocycles. The van der Waals surface area contributed by atoms with Crippen LogP contribution < -0.4 is 0 Å². The molecule has 1 aromatic heterocycles. The number of hydrogen-bond donors (Lipinski definition) is 0. The number of likely N-dealkylation sites (tertiary alicyclic amines) is 1. The zero-order valence-corrected chi connectivity index (χ0v) is 15.6. The molecule has 6 nitrogen and oxygen atoms in total. The van der Waals surface area contributed by atoms with E-state index in [1.807, 2.05) is 12.1 Å². The molecule has 6 heteroatoms. The molecule has 3 aliphatic rings. The van der Waals surface area contributed by atoms with E-state index >= 15 is 0 Å². The number of carbonyl (C=O) groups excluding carboxylic acids is 1. The minimum absolute atomic E-state index is 0.126. The van der Waals surface area contributed by atoms with Crippen molar-refractivity contribution in [2.45, 2.75) is 44.4 Å². The second kappa shape index (κ2) is 8.11. The standard InChI is InChI=1S/C20H30N2O4/c1-21(13-17-5-3-8-25-17)18-14-22(12-16-4-2-9-26-19(16)18)20(23)15-6-10-24-11-7-15/h3,5,8,15-16,18-19H,2,4,6-7,9-14H2,1H3/t16-,18+,19-/m0/s1. The van der Waals surface area contributed by atoms with Crippen molar-refractivity contribution in [2.75, 3.05) is 40.0 Å². The van der Waals surface area contributed by atoms with Gasteiger partial charge in [-0.2, -0.15) is 0 Å². The van der Waals surface area contributed by atoms with Crippen molar-refractivity contribution in [1.82, 2.24) is 9.80 Å². The molecule has 0 radical (unpaired) electrons.